The number of hydrogen-bond donors (Lipinski definition) is 2. The van der Waals surface area contributed by atoms with Crippen molar-refractivity contribution in [3.63, 3.8) is 0 Å². The average molecular weight is 350 g/mol. The van der Waals surface area contributed by atoms with Crippen molar-refractivity contribution >= 4 is 34.2 Å². The van der Waals surface area contributed by atoms with Crippen LogP contribution in [0.1, 0.15) is 27.2 Å². The Morgan fingerprint density at radius 2 is 1.88 bits per heavy atom. The number of fused-ring (bicyclic) bond motifs is 2. The van der Waals surface area contributed by atoms with Gasteiger partial charge >= 0.3 is 0 Å². The minimum Gasteiger partial charge on any atom is -0.482 e. The molecule has 132 valence electrons. The van der Waals surface area contributed by atoms with Crippen molar-refractivity contribution in [3.8, 4) is 5.75 Å². The Morgan fingerprint density at radius 3 is 2.69 bits per heavy atom. The molecule has 0 radical (unpaired) electrons. The van der Waals surface area contributed by atoms with E-state index >= 15 is 0 Å². The number of hydrogen-bond acceptors (Lipinski definition) is 4. The zero-order valence-corrected chi connectivity index (χ0v) is 14.7. The first-order valence-electron chi connectivity index (χ1n) is 8.31. The molecule has 6 heteroatoms. The number of rotatable bonds is 2. The highest BCUT2D eigenvalue weighted by Crippen LogP contribution is 2.32. The Bertz CT molecular complexity index is 1070. The van der Waals surface area contributed by atoms with Crippen LogP contribution in [0.3, 0.4) is 0 Å². The summed E-state index contributed by atoms with van der Waals surface area (Å²) >= 11 is 0. The lowest BCUT2D eigenvalue weighted by molar-refractivity contribution is -0.118. The van der Waals surface area contributed by atoms with Crippen LogP contribution in [0.25, 0.3) is 11.0 Å². The minimum absolute atomic E-state index is 0.00425. The van der Waals surface area contributed by atoms with Crippen LogP contribution >= 0.6 is 0 Å². The average Bonchev–Trinajstić information content (AvgIpc) is 2.91. The standard InChI is InChI=1S/C20H18N2O4/c1-10-6-14-12(3)19(26-17(14)7-11(10)2)20(24)21-13-4-5-16-15(8-13)22-18(23)9-25-16/h4-8H,9H2,1-3H3,(H,21,24)(H,22,23). The van der Waals surface area contributed by atoms with E-state index in [1.54, 1.807) is 18.2 Å². The highest BCUT2D eigenvalue weighted by molar-refractivity contribution is 6.07. The molecule has 0 saturated carbocycles. The van der Waals surface area contributed by atoms with Gasteiger partial charge < -0.3 is 19.8 Å². The molecule has 4 rings (SSSR count). The summed E-state index contributed by atoms with van der Waals surface area (Å²) in [6.45, 7) is 5.91. The van der Waals surface area contributed by atoms with Gasteiger partial charge in [-0.1, -0.05) is 0 Å². The van der Waals surface area contributed by atoms with E-state index in [4.69, 9.17) is 9.15 Å². The molecule has 1 aliphatic rings. The van der Waals surface area contributed by atoms with Gasteiger partial charge in [-0.15, -0.1) is 0 Å². The number of nitrogens with one attached hydrogen (secondary N) is 2. The van der Waals surface area contributed by atoms with Crippen LogP contribution in [-0.4, -0.2) is 18.4 Å². The lowest BCUT2D eigenvalue weighted by atomic mass is 10.0. The van der Waals surface area contributed by atoms with Crippen molar-refractivity contribution < 1.29 is 18.7 Å². The van der Waals surface area contributed by atoms with E-state index in [0.29, 0.717) is 22.7 Å². The van der Waals surface area contributed by atoms with Gasteiger partial charge in [-0.3, -0.25) is 9.59 Å². The van der Waals surface area contributed by atoms with Gasteiger partial charge in [0.25, 0.3) is 11.8 Å². The fraction of sp³-hybridized carbons (Fsp3) is 0.200. The summed E-state index contributed by atoms with van der Waals surface area (Å²) in [7, 11) is 0. The fourth-order valence-electron chi connectivity index (χ4n) is 3.04. The number of aryl methyl sites for hydroxylation is 3. The molecular formula is C20H18N2O4. The van der Waals surface area contributed by atoms with Crippen molar-refractivity contribution in [1.29, 1.82) is 0 Å². The second kappa shape index (κ2) is 5.91. The van der Waals surface area contributed by atoms with Crippen LogP contribution in [0.5, 0.6) is 5.75 Å². The van der Waals surface area contributed by atoms with Crippen LogP contribution in [0.4, 0.5) is 11.4 Å². The smallest absolute Gasteiger partial charge is 0.291 e. The molecule has 6 nitrogen and oxygen atoms in total. The largest absolute Gasteiger partial charge is 0.482 e. The molecule has 3 aromatic rings. The quantitative estimate of drug-likeness (QED) is 0.733. The lowest BCUT2D eigenvalue weighted by Crippen LogP contribution is -2.25. The van der Waals surface area contributed by atoms with Crippen LogP contribution in [0.15, 0.2) is 34.7 Å². The number of benzene rings is 2. The molecule has 0 spiro atoms. The third kappa shape index (κ3) is 2.69. The van der Waals surface area contributed by atoms with E-state index in [2.05, 4.69) is 10.6 Å². The van der Waals surface area contributed by atoms with Gasteiger partial charge in [-0.05, 0) is 62.2 Å². The fourth-order valence-corrected chi connectivity index (χ4v) is 3.04. The number of furan rings is 1. The molecule has 2 heterocycles. The number of ether oxygens (including phenoxy) is 1. The van der Waals surface area contributed by atoms with Crippen LogP contribution < -0.4 is 15.4 Å². The summed E-state index contributed by atoms with van der Waals surface area (Å²) in [5.74, 6) is 0.299. The van der Waals surface area contributed by atoms with Gasteiger partial charge in [0.2, 0.25) is 0 Å². The third-order valence-electron chi connectivity index (χ3n) is 4.63. The Hall–Kier alpha value is -3.28. The summed E-state index contributed by atoms with van der Waals surface area (Å²) < 4.78 is 11.1. The first kappa shape index (κ1) is 16.2. The summed E-state index contributed by atoms with van der Waals surface area (Å²) in [6, 6.07) is 9.08. The highest BCUT2D eigenvalue weighted by atomic mass is 16.5. The maximum Gasteiger partial charge on any atom is 0.291 e. The van der Waals surface area contributed by atoms with Crippen LogP contribution in [0.2, 0.25) is 0 Å². The predicted molar refractivity (Wildman–Crippen MR) is 98.9 cm³/mol. The van der Waals surface area contributed by atoms with Crippen molar-refractivity contribution in [2.45, 2.75) is 20.8 Å². The maximum absolute atomic E-state index is 12.7. The molecule has 2 N–H and O–H groups in total. The molecule has 2 aromatic carbocycles. The van der Waals surface area contributed by atoms with Gasteiger partial charge in [0, 0.05) is 16.6 Å². The molecule has 1 aromatic heterocycles. The Kier molecular flexibility index (Phi) is 3.68. The summed E-state index contributed by atoms with van der Waals surface area (Å²) in [6.07, 6.45) is 0. The van der Waals surface area contributed by atoms with Crippen molar-refractivity contribution in [1.82, 2.24) is 0 Å². The maximum atomic E-state index is 12.7. The van der Waals surface area contributed by atoms with E-state index in [0.717, 1.165) is 22.1 Å². The Labute approximate surface area is 150 Å². The van der Waals surface area contributed by atoms with Gasteiger partial charge in [-0.2, -0.15) is 0 Å². The minimum atomic E-state index is -0.336. The molecule has 0 unspecified atom stereocenters. The zero-order chi connectivity index (χ0) is 18.4. The first-order valence-corrected chi connectivity index (χ1v) is 8.31. The molecule has 0 saturated heterocycles. The van der Waals surface area contributed by atoms with Gasteiger partial charge in [0.1, 0.15) is 11.3 Å². The number of carbonyl (C=O) groups is 2. The molecule has 0 bridgehead atoms. The summed E-state index contributed by atoms with van der Waals surface area (Å²) in [5.41, 5.74) is 4.85. The van der Waals surface area contributed by atoms with E-state index in [1.165, 1.54) is 0 Å². The number of carbonyl (C=O) groups excluding carboxylic acids is 2. The molecule has 26 heavy (non-hydrogen) atoms. The molecule has 0 aliphatic carbocycles. The second-order valence-corrected chi connectivity index (χ2v) is 6.49. The van der Waals surface area contributed by atoms with Crippen molar-refractivity contribution in [2.75, 3.05) is 17.2 Å². The molecule has 0 fully saturated rings. The predicted octanol–water partition coefficient (Wildman–Crippen LogP) is 3.94. The van der Waals surface area contributed by atoms with Crippen molar-refractivity contribution in [3.05, 3.63) is 52.8 Å². The van der Waals surface area contributed by atoms with E-state index in [9.17, 15) is 9.59 Å². The Morgan fingerprint density at radius 1 is 1.12 bits per heavy atom. The topological polar surface area (TPSA) is 80.6 Å². The molecule has 2 amide bonds. The van der Waals surface area contributed by atoms with Gasteiger partial charge in [0.05, 0.1) is 5.69 Å². The van der Waals surface area contributed by atoms with Crippen LogP contribution in [-0.2, 0) is 4.79 Å². The van der Waals surface area contributed by atoms with E-state index < -0.39 is 0 Å². The molecule has 0 atom stereocenters. The number of amides is 2. The SMILES string of the molecule is Cc1cc2oc(C(=O)Nc3ccc4c(c3)NC(=O)CO4)c(C)c2cc1C. The zero-order valence-electron chi connectivity index (χ0n) is 14.7. The summed E-state index contributed by atoms with van der Waals surface area (Å²) in [5, 5.41) is 6.47. The lowest BCUT2D eigenvalue weighted by Gasteiger charge is -2.18. The van der Waals surface area contributed by atoms with E-state index in [-0.39, 0.29) is 24.2 Å². The first-order chi connectivity index (χ1) is 12.4. The molecular weight excluding hydrogens is 332 g/mol. The van der Waals surface area contributed by atoms with E-state index in [1.807, 2.05) is 32.9 Å². The Balaban J connectivity index is 1.65. The normalized spacial score (nSPS) is 13.1. The molecule has 1 aliphatic heterocycles. The third-order valence-corrected chi connectivity index (χ3v) is 4.63. The number of anilines is 2. The van der Waals surface area contributed by atoms with Gasteiger partial charge in [-0.25, -0.2) is 0 Å². The monoisotopic (exact) mass is 350 g/mol. The highest BCUT2D eigenvalue weighted by Gasteiger charge is 2.20. The van der Waals surface area contributed by atoms with Crippen molar-refractivity contribution in [2.24, 2.45) is 0 Å². The summed E-state index contributed by atoms with van der Waals surface area (Å²) in [4.78, 5) is 24.1. The second-order valence-electron chi connectivity index (χ2n) is 6.49. The van der Waals surface area contributed by atoms with Gasteiger partial charge in [0.15, 0.2) is 12.4 Å². The van der Waals surface area contributed by atoms with Crippen LogP contribution in [0, 0.1) is 20.8 Å².